The molecule has 0 unspecified atom stereocenters. The maximum absolute atomic E-state index is 12.2. The van der Waals surface area contributed by atoms with Crippen molar-refractivity contribution in [1.29, 1.82) is 5.26 Å². The number of hydrogen-bond donors (Lipinski definition) is 3. The number of anilines is 1. The number of carbonyl (C=O) groups excluding carboxylic acids is 1. The second-order valence-corrected chi connectivity index (χ2v) is 6.74. The molecule has 0 bridgehead atoms. The molecule has 4 N–H and O–H groups in total. The van der Waals surface area contributed by atoms with E-state index in [1.54, 1.807) is 31.2 Å². The first kappa shape index (κ1) is 18.9. The molecule has 3 aromatic rings. The highest BCUT2D eigenvalue weighted by molar-refractivity contribution is 7.18. The van der Waals surface area contributed by atoms with Crippen LogP contribution in [0.5, 0.6) is 0 Å². The maximum atomic E-state index is 12.2. The number of nitriles is 1. The number of carboxylic acid groups (broad SMARTS) is 1. The van der Waals surface area contributed by atoms with Gasteiger partial charge in [0, 0.05) is 5.56 Å². The summed E-state index contributed by atoms with van der Waals surface area (Å²) in [6, 6.07) is 11.6. The van der Waals surface area contributed by atoms with Crippen molar-refractivity contribution < 1.29 is 19.1 Å². The van der Waals surface area contributed by atoms with Crippen molar-refractivity contribution in [2.24, 2.45) is 5.10 Å². The summed E-state index contributed by atoms with van der Waals surface area (Å²) in [5.74, 6) is -0.537. The topological polar surface area (TPSA) is 142 Å². The van der Waals surface area contributed by atoms with E-state index < -0.39 is 11.9 Å². The summed E-state index contributed by atoms with van der Waals surface area (Å²) < 4.78 is 5.61. The fraction of sp³-hybridized carbons (Fsp3) is 0.0526. The number of hydrogen-bond acceptors (Lipinski definition) is 7. The molecule has 1 amide bonds. The summed E-state index contributed by atoms with van der Waals surface area (Å²) in [6.07, 6.45) is 1.34. The summed E-state index contributed by atoms with van der Waals surface area (Å²) in [5, 5.41) is 22.1. The van der Waals surface area contributed by atoms with E-state index in [1.165, 1.54) is 18.3 Å². The van der Waals surface area contributed by atoms with Gasteiger partial charge in [0.05, 0.1) is 17.3 Å². The van der Waals surface area contributed by atoms with Crippen molar-refractivity contribution in [1.82, 2.24) is 5.43 Å². The van der Waals surface area contributed by atoms with E-state index >= 15 is 0 Å². The average Bonchev–Trinajstić information content (AvgIpc) is 3.26. The number of rotatable bonds is 5. The monoisotopic (exact) mass is 394 g/mol. The molecule has 140 valence electrons. The van der Waals surface area contributed by atoms with Gasteiger partial charge < -0.3 is 15.3 Å². The zero-order chi connectivity index (χ0) is 20.3. The summed E-state index contributed by atoms with van der Waals surface area (Å²) in [7, 11) is 0. The van der Waals surface area contributed by atoms with Gasteiger partial charge in [0.1, 0.15) is 27.5 Å². The molecule has 0 radical (unpaired) electrons. The number of nitrogens with one attached hydrogen (secondary N) is 1. The number of nitrogens with two attached hydrogens (primary N) is 1. The van der Waals surface area contributed by atoms with E-state index in [0.717, 1.165) is 11.3 Å². The van der Waals surface area contributed by atoms with Crippen molar-refractivity contribution in [2.45, 2.75) is 6.92 Å². The van der Waals surface area contributed by atoms with Crippen LogP contribution in [0.25, 0.3) is 11.3 Å². The number of carbonyl (C=O) groups is 2. The molecule has 9 heteroatoms. The molecular formula is C19H14N4O4S. The fourth-order valence-corrected chi connectivity index (χ4v) is 3.37. The van der Waals surface area contributed by atoms with Crippen LogP contribution in [0.2, 0.25) is 0 Å². The number of hydrazone groups is 1. The van der Waals surface area contributed by atoms with E-state index in [1.807, 2.05) is 6.07 Å². The van der Waals surface area contributed by atoms with E-state index in [2.05, 4.69) is 10.5 Å². The molecule has 0 atom stereocenters. The van der Waals surface area contributed by atoms with Crippen LogP contribution in [-0.4, -0.2) is 23.2 Å². The Hall–Kier alpha value is -3.90. The molecule has 1 aromatic carbocycles. The lowest BCUT2D eigenvalue weighted by Gasteiger charge is -1.98. The lowest BCUT2D eigenvalue weighted by molar-refractivity contribution is 0.0696. The minimum Gasteiger partial charge on any atom is -0.478 e. The second-order valence-electron chi connectivity index (χ2n) is 5.69. The predicted molar refractivity (Wildman–Crippen MR) is 104 cm³/mol. The van der Waals surface area contributed by atoms with Crippen molar-refractivity contribution in [2.75, 3.05) is 5.73 Å². The lowest BCUT2D eigenvalue weighted by atomic mass is 10.1. The highest BCUT2D eigenvalue weighted by Gasteiger charge is 2.18. The highest BCUT2D eigenvalue weighted by Crippen LogP contribution is 2.29. The summed E-state index contributed by atoms with van der Waals surface area (Å²) >= 11 is 1.03. The average molecular weight is 394 g/mol. The first-order valence-corrected chi connectivity index (χ1v) is 8.78. The molecule has 0 spiro atoms. The molecule has 8 nitrogen and oxygen atoms in total. The van der Waals surface area contributed by atoms with Crippen molar-refractivity contribution in [3.05, 3.63) is 63.7 Å². The Morgan fingerprint density at radius 1 is 1.29 bits per heavy atom. The number of nitrogen functional groups attached to an aromatic ring is 1. The molecule has 0 aliphatic rings. The van der Waals surface area contributed by atoms with Gasteiger partial charge in [0.15, 0.2) is 0 Å². The number of thiophene rings is 1. The number of furan rings is 1. The molecule has 28 heavy (non-hydrogen) atoms. The minimum absolute atomic E-state index is 0.184. The Balaban J connectivity index is 1.68. The SMILES string of the molecule is Cc1c(C(=O)NN=Cc2ccc(-c3ccc(C(=O)O)cc3)o2)sc(N)c1C#N. The Bertz CT molecular complexity index is 1120. The van der Waals surface area contributed by atoms with Crippen molar-refractivity contribution in [3.63, 3.8) is 0 Å². The third kappa shape index (κ3) is 3.77. The first-order valence-electron chi connectivity index (χ1n) is 7.96. The van der Waals surface area contributed by atoms with Crippen molar-refractivity contribution >= 4 is 34.4 Å². The van der Waals surface area contributed by atoms with Gasteiger partial charge in [0.25, 0.3) is 5.91 Å². The Morgan fingerprint density at radius 2 is 2.00 bits per heavy atom. The molecule has 0 saturated carbocycles. The van der Waals surface area contributed by atoms with Gasteiger partial charge in [-0.2, -0.15) is 10.4 Å². The summed E-state index contributed by atoms with van der Waals surface area (Å²) in [4.78, 5) is 23.4. The normalized spacial score (nSPS) is 10.7. The quantitative estimate of drug-likeness (QED) is 0.448. The Morgan fingerprint density at radius 3 is 2.61 bits per heavy atom. The van der Waals surface area contributed by atoms with Crippen LogP contribution in [0, 0.1) is 18.3 Å². The standard InChI is InChI=1S/C19H14N4O4S/c1-10-14(8-20)17(21)28-16(10)18(24)23-22-9-13-6-7-15(27-13)11-2-4-12(5-3-11)19(25)26/h2-7,9H,21H2,1H3,(H,23,24)(H,25,26). The minimum atomic E-state index is -1.00. The predicted octanol–water partition coefficient (Wildman–Crippen LogP) is 3.23. The van der Waals surface area contributed by atoms with Gasteiger partial charge in [-0.05, 0) is 36.8 Å². The van der Waals surface area contributed by atoms with Gasteiger partial charge in [0.2, 0.25) is 0 Å². The number of amides is 1. The molecule has 0 aliphatic carbocycles. The van der Waals surface area contributed by atoms with E-state index in [9.17, 15) is 9.59 Å². The summed E-state index contributed by atoms with van der Waals surface area (Å²) in [5.41, 5.74) is 9.80. The zero-order valence-electron chi connectivity index (χ0n) is 14.6. The van der Waals surface area contributed by atoms with E-state index in [0.29, 0.717) is 38.1 Å². The molecule has 0 aliphatic heterocycles. The molecule has 3 rings (SSSR count). The van der Waals surface area contributed by atoms with Gasteiger partial charge >= 0.3 is 5.97 Å². The zero-order valence-corrected chi connectivity index (χ0v) is 15.4. The van der Waals surface area contributed by atoms with Gasteiger partial charge in [-0.15, -0.1) is 11.3 Å². The van der Waals surface area contributed by atoms with Crippen molar-refractivity contribution in [3.8, 4) is 17.4 Å². The smallest absolute Gasteiger partial charge is 0.335 e. The van der Waals surface area contributed by atoms with Crippen LogP contribution in [0.3, 0.4) is 0 Å². The van der Waals surface area contributed by atoms with E-state index in [-0.39, 0.29) is 5.56 Å². The van der Waals surface area contributed by atoms with E-state index in [4.69, 9.17) is 20.5 Å². The number of aromatic carboxylic acids is 1. The van der Waals surface area contributed by atoms with Gasteiger partial charge in [-0.3, -0.25) is 4.79 Å². The molecule has 0 fully saturated rings. The first-order chi connectivity index (χ1) is 13.4. The number of carboxylic acids is 1. The van der Waals surface area contributed by atoms with Gasteiger partial charge in [-0.25, -0.2) is 10.2 Å². The van der Waals surface area contributed by atoms with Crippen LogP contribution in [0.4, 0.5) is 5.00 Å². The third-order valence-corrected chi connectivity index (χ3v) is 5.01. The Kier molecular flexibility index (Phi) is 5.24. The third-order valence-electron chi connectivity index (χ3n) is 3.89. The fourth-order valence-electron chi connectivity index (χ4n) is 2.45. The van der Waals surface area contributed by atoms with Crippen LogP contribution < -0.4 is 11.2 Å². The molecule has 0 saturated heterocycles. The molecule has 2 heterocycles. The van der Waals surface area contributed by atoms with Crippen LogP contribution >= 0.6 is 11.3 Å². The lowest BCUT2D eigenvalue weighted by Crippen LogP contribution is -2.17. The van der Waals surface area contributed by atoms with Crippen LogP contribution in [0.15, 0.2) is 45.9 Å². The number of benzene rings is 1. The largest absolute Gasteiger partial charge is 0.478 e. The molecule has 2 aromatic heterocycles. The number of nitrogens with zero attached hydrogens (tertiary/aromatic N) is 2. The highest BCUT2D eigenvalue weighted by atomic mass is 32.1. The van der Waals surface area contributed by atoms with Crippen LogP contribution in [0.1, 0.15) is 36.9 Å². The summed E-state index contributed by atoms with van der Waals surface area (Å²) in [6.45, 7) is 1.65. The van der Waals surface area contributed by atoms with Crippen LogP contribution in [-0.2, 0) is 0 Å². The maximum Gasteiger partial charge on any atom is 0.335 e. The van der Waals surface area contributed by atoms with Gasteiger partial charge in [-0.1, -0.05) is 12.1 Å². The Labute approximate surface area is 163 Å². The molecular weight excluding hydrogens is 380 g/mol. The second kappa shape index (κ2) is 7.77.